The van der Waals surface area contributed by atoms with Gasteiger partial charge in [-0.05, 0) is 77.0 Å². The Bertz CT molecular complexity index is 1380. The van der Waals surface area contributed by atoms with E-state index in [9.17, 15) is 29.3 Å². The Morgan fingerprint density at radius 1 is 0.587 bits per heavy atom. The molecule has 1 unspecified atom stereocenters. The van der Waals surface area contributed by atoms with Crippen molar-refractivity contribution < 1.29 is 52.3 Å². The number of ether oxygens (including phenoxy) is 2. The Kier molecular flexibility index (Phi) is 39.9. The van der Waals surface area contributed by atoms with E-state index in [4.69, 9.17) is 18.5 Å². The molecule has 0 spiro atoms. The molecular formula is C51H89NO10P+. The number of esters is 2. The van der Waals surface area contributed by atoms with Crippen LogP contribution in [0, 0.1) is 0 Å². The Balaban J connectivity index is 4.59. The average molecular weight is 907 g/mol. The summed E-state index contributed by atoms with van der Waals surface area (Å²) < 4.78 is 34.2. The molecular weight excluding hydrogens is 818 g/mol. The Morgan fingerprint density at radius 2 is 1.10 bits per heavy atom. The van der Waals surface area contributed by atoms with Gasteiger partial charge in [0.05, 0.1) is 40.0 Å². The summed E-state index contributed by atoms with van der Waals surface area (Å²) in [5.41, 5.74) is 0. The van der Waals surface area contributed by atoms with E-state index in [1.807, 2.05) is 27.2 Å². The number of nitrogens with zero attached hydrogens (tertiary/aromatic N) is 1. The number of hydrogen-bond donors (Lipinski definition) is 3. The summed E-state index contributed by atoms with van der Waals surface area (Å²) >= 11 is 0. The standard InChI is InChI=1S/C51H88NO10P/c1-6-8-10-12-14-15-16-17-18-19-20-21-22-23-24-25-26-27-29-35-41-51(56)62-49(46-61-63(57,58)60-44-43-52(3,4)5)45-59-50(55)42-36-40-48(54)39-34-31-30-33-38-47(53)37-32-28-13-11-9-7-2/h15-16,18-19,21-22,28,30-34,38-39,47-49,53-54H,6-14,17,20,23-27,29,35-37,40-46H2,1-5H3/p+1/b16-15-,19-18-,22-21-,31-30+,32-28-,38-33+,39-34-/t47-,48-,49-/m1/s1. The van der Waals surface area contributed by atoms with E-state index in [1.165, 1.54) is 51.4 Å². The predicted molar refractivity (Wildman–Crippen MR) is 259 cm³/mol. The van der Waals surface area contributed by atoms with Crippen LogP contribution in [-0.4, -0.2) is 97.3 Å². The molecule has 0 radical (unpaired) electrons. The molecule has 0 saturated heterocycles. The van der Waals surface area contributed by atoms with E-state index in [0.717, 1.165) is 57.8 Å². The average Bonchev–Trinajstić information content (AvgIpc) is 3.23. The van der Waals surface area contributed by atoms with Crippen molar-refractivity contribution in [2.75, 3.05) is 47.5 Å². The van der Waals surface area contributed by atoms with Crippen molar-refractivity contribution in [3.8, 4) is 0 Å². The highest BCUT2D eigenvalue weighted by atomic mass is 31.2. The predicted octanol–water partition coefficient (Wildman–Crippen LogP) is 11.9. The number of aliphatic hydroxyl groups is 2. The molecule has 0 saturated carbocycles. The van der Waals surface area contributed by atoms with Gasteiger partial charge >= 0.3 is 19.8 Å². The van der Waals surface area contributed by atoms with Crippen LogP contribution in [0.15, 0.2) is 85.1 Å². The van der Waals surface area contributed by atoms with E-state index in [-0.39, 0.29) is 26.1 Å². The minimum Gasteiger partial charge on any atom is -0.462 e. The fraction of sp³-hybridized carbons (Fsp3) is 0.686. The molecule has 0 heterocycles. The van der Waals surface area contributed by atoms with Gasteiger partial charge in [-0.1, -0.05) is 157 Å². The van der Waals surface area contributed by atoms with Gasteiger partial charge in [-0.2, -0.15) is 0 Å². The Morgan fingerprint density at radius 3 is 1.71 bits per heavy atom. The third kappa shape index (κ3) is 45.5. The zero-order valence-corrected chi connectivity index (χ0v) is 40.9. The molecule has 12 heteroatoms. The second-order valence-corrected chi connectivity index (χ2v) is 18.6. The highest BCUT2D eigenvalue weighted by molar-refractivity contribution is 7.47. The first-order valence-electron chi connectivity index (χ1n) is 24.0. The summed E-state index contributed by atoms with van der Waals surface area (Å²) in [6.07, 6.45) is 46.9. The number of unbranched alkanes of at least 4 members (excludes halogenated alkanes) is 13. The Labute approximate surface area is 383 Å². The number of carbonyl (C=O) groups is 2. The second-order valence-electron chi connectivity index (χ2n) is 17.2. The molecule has 0 aromatic rings. The zero-order valence-electron chi connectivity index (χ0n) is 40.0. The molecule has 3 N–H and O–H groups in total. The van der Waals surface area contributed by atoms with Crippen LogP contribution in [0.1, 0.15) is 162 Å². The summed E-state index contributed by atoms with van der Waals surface area (Å²) in [5, 5.41) is 20.3. The van der Waals surface area contributed by atoms with Gasteiger partial charge in [0.2, 0.25) is 0 Å². The number of allylic oxidation sites excluding steroid dienone is 11. The first kappa shape index (κ1) is 60.1. The van der Waals surface area contributed by atoms with Crippen LogP contribution in [0.4, 0.5) is 0 Å². The normalized spacial score (nSPS) is 15.2. The summed E-state index contributed by atoms with van der Waals surface area (Å²) in [4.78, 5) is 35.5. The fourth-order valence-corrected chi connectivity index (χ4v) is 6.72. The lowest BCUT2D eigenvalue weighted by Gasteiger charge is -2.24. The molecule has 0 bridgehead atoms. The van der Waals surface area contributed by atoms with Gasteiger partial charge in [-0.25, -0.2) is 4.57 Å². The lowest BCUT2D eigenvalue weighted by Crippen LogP contribution is -2.37. The van der Waals surface area contributed by atoms with Crippen molar-refractivity contribution >= 4 is 19.8 Å². The van der Waals surface area contributed by atoms with Crippen LogP contribution in [0.3, 0.4) is 0 Å². The third-order valence-corrected chi connectivity index (χ3v) is 10.8. The van der Waals surface area contributed by atoms with Crippen molar-refractivity contribution in [1.29, 1.82) is 0 Å². The first-order chi connectivity index (χ1) is 30.3. The van der Waals surface area contributed by atoms with Crippen LogP contribution in [0.5, 0.6) is 0 Å². The number of phosphoric ester groups is 1. The largest absolute Gasteiger partial charge is 0.472 e. The quantitative estimate of drug-likeness (QED) is 0.0135. The van der Waals surface area contributed by atoms with Crippen LogP contribution >= 0.6 is 7.82 Å². The minimum atomic E-state index is -4.45. The summed E-state index contributed by atoms with van der Waals surface area (Å²) in [5.74, 6) is -1.06. The molecule has 0 fully saturated rings. The number of rotatable bonds is 42. The molecule has 0 amide bonds. The maximum Gasteiger partial charge on any atom is 0.472 e. The maximum atomic E-state index is 12.7. The maximum absolute atomic E-state index is 12.7. The molecule has 11 nitrogen and oxygen atoms in total. The number of aliphatic hydroxyl groups excluding tert-OH is 2. The number of carbonyl (C=O) groups excluding carboxylic acids is 2. The van der Waals surface area contributed by atoms with Crippen LogP contribution in [0.25, 0.3) is 0 Å². The van der Waals surface area contributed by atoms with Gasteiger partial charge in [0, 0.05) is 12.8 Å². The summed E-state index contributed by atoms with van der Waals surface area (Å²) in [6, 6.07) is 0. The van der Waals surface area contributed by atoms with Crippen LogP contribution < -0.4 is 0 Å². The zero-order chi connectivity index (χ0) is 46.7. The summed E-state index contributed by atoms with van der Waals surface area (Å²) in [7, 11) is 1.32. The van der Waals surface area contributed by atoms with Gasteiger partial charge < -0.3 is 29.1 Å². The lowest BCUT2D eigenvalue weighted by molar-refractivity contribution is -0.870. The SMILES string of the molecule is CCCCC/C=C\C[C@@H](O)/C=C/C=C/C=C\[C@@H](O)CCCC(=O)OC[C@H](COP(=O)(O)OCC[N+](C)(C)C)OC(=O)CCCCCCCC/C=C\C/C=C\C/C=C\CCCCCC. The smallest absolute Gasteiger partial charge is 0.462 e. The van der Waals surface area contributed by atoms with Gasteiger partial charge in [0.15, 0.2) is 6.10 Å². The number of hydrogen-bond acceptors (Lipinski definition) is 9. The molecule has 0 aliphatic rings. The fourth-order valence-electron chi connectivity index (χ4n) is 5.98. The van der Waals surface area contributed by atoms with Crippen molar-refractivity contribution in [2.45, 2.75) is 180 Å². The third-order valence-electron chi connectivity index (χ3n) is 9.84. The topological polar surface area (TPSA) is 149 Å². The molecule has 0 rings (SSSR count). The molecule has 4 atom stereocenters. The van der Waals surface area contributed by atoms with Crippen LogP contribution in [-0.2, 0) is 32.7 Å². The second kappa shape index (κ2) is 41.8. The minimum absolute atomic E-state index is 0.0154. The van der Waals surface area contributed by atoms with Gasteiger partial charge in [0.1, 0.15) is 19.8 Å². The molecule has 63 heavy (non-hydrogen) atoms. The van der Waals surface area contributed by atoms with Crippen molar-refractivity contribution in [3.63, 3.8) is 0 Å². The lowest BCUT2D eigenvalue weighted by atomic mass is 10.1. The molecule has 0 aliphatic carbocycles. The number of quaternary nitrogens is 1. The summed E-state index contributed by atoms with van der Waals surface area (Å²) in [6.45, 7) is 4.03. The van der Waals surface area contributed by atoms with Crippen LogP contribution in [0.2, 0.25) is 0 Å². The number of likely N-dealkylation sites (N-methyl/N-ethyl adjacent to an activating group) is 1. The van der Waals surface area contributed by atoms with Crippen molar-refractivity contribution in [3.05, 3.63) is 85.1 Å². The highest BCUT2D eigenvalue weighted by Crippen LogP contribution is 2.43. The molecule has 0 aromatic heterocycles. The van der Waals surface area contributed by atoms with E-state index in [0.29, 0.717) is 36.7 Å². The first-order valence-corrected chi connectivity index (χ1v) is 25.5. The van der Waals surface area contributed by atoms with E-state index >= 15 is 0 Å². The van der Waals surface area contributed by atoms with E-state index in [1.54, 1.807) is 36.5 Å². The number of phosphoric acid groups is 1. The van der Waals surface area contributed by atoms with Crippen molar-refractivity contribution in [1.82, 2.24) is 0 Å². The molecule has 0 aromatic carbocycles. The van der Waals surface area contributed by atoms with E-state index < -0.39 is 44.7 Å². The van der Waals surface area contributed by atoms with Gasteiger partial charge in [0.25, 0.3) is 0 Å². The monoisotopic (exact) mass is 907 g/mol. The van der Waals surface area contributed by atoms with Gasteiger partial charge in [-0.3, -0.25) is 18.6 Å². The Hall–Kier alpha value is -2.89. The van der Waals surface area contributed by atoms with Gasteiger partial charge in [-0.15, -0.1) is 0 Å². The van der Waals surface area contributed by atoms with Crippen molar-refractivity contribution in [2.24, 2.45) is 0 Å². The van der Waals surface area contributed by atoms with E-state index in [2.05, 4.69) is 56.4 Å². The molecule has 0 aliphatic heterocycles. The molecule has 362 valence electrons. The highest BCUT2D eigenvalue weighted by Gasteiger charge is 2.27.